The molecule has 1 aliphatic rings. The van der Waals surface area contributed by atoms with Gasteiger partial charge < -0.3 is 0 Å². The third-order valence-electron chi connectivity index (χ3n) is 3.39. The first kappa shape index (κ1) is 10.7. The molecule has 2 heteroatoms. The fraction of sp³-hybridized carbons (Fsp3) is 0.538. The Morgan fingerprint density at radius 3 is 2.07 bits per heavy atom. The second-order valence-electron chi connectivity index (χ2n) is 4.37. The van der Waals surface area contributed by atoms with Gasteiger partial charge in [-0.15, -0.1) is 0 Å². The van der Waals surface area contributed by atoms with E-state index in [4.69, 9.17) is 4.89 Å². The largest absolute Gasteiger partial charge is 0.251 e. The minimum Gasteiger partial charge on any atom is -0.251 e. The summed E-state index contributed by atoms with van der Waals surface area (Å²) in [7, 11) is 0. The van der Waals surface area contributed by atoms with Gasteiger partial charge in [-0.2, -0.15) is 0 Å². The van der Waals surface area contributed by atoms with E-state index in [1.807, 2.05) is 30.3 Å². The quantitative estimate of drug-likeness (QED) is 0.454. The van der Waals surface area contributed by atoms with Gasteiger partial charge in [0.2, 0.25) is 0 Å². The van der Waals surface area contributed by atoms with Crippen LogP contribution in [0.2, 0.25) is 0 Å². The number of benzene rings is 1. The highest BCUT2D eigenvalue weighted by Gasteiger charge is 2.34. The lowest BCUT2D eigenvalue weighted by Crippen LogP contribution is -2.27. The summed E-state index contributed by atoms with van der Waals surface area (Å²) in [5.41, 5.74) is 0.659. The van der Waals surface area contributed by atoms with Crippen LogP contribution in [0.4, 0.5) is 0 Å². The molecular weight excluding hydrogens is 188 g/mol. The molecule has 0 bridgehead atoms. The third kappa shape index (κ3) is 2.21. The minimum atomic E-state index is -0.447. The molecule has 2 rings (SSSR count). The van der Waals surface area contributed by atoms with Gasteiger partial charge in [-0.05, 0) is 18.4 Å². The van der Waals surface area contributed by atoms with E-state index in [0.717, 1.165) is 31.2 Å². The zero-order chi connectivity index (χ0) is 10.6. The third-order valence-corrected chi connectivity index (χ3v) is 3.39. The Labute approximate surface area is 90.8 Å². The summed E-state index contributed by atoms with van der Waals surface area (Å²) in [6.45, 7) is 0. The van der Waals surface area contributed by atoms with Crippen molar-refractivity contribution in [1.29, 1.82) is 0 Å². The molecule has 2 nitrogen and oxygen atoms in total. The summed E-state index contributed by atoms with van der Waals surface area (Å²) in [6, 6.07) is 10.1. The van der Waals surface area contributed by atoms with Crippen LogP contribution >= 0.6 is 0 Å². The molecule has 1 aromatic carbocycles. The van der Waals surface area contributed by atoms with Crippen molar-refractivity contribution in [2.75, 3.05) is 0 Å². The van der Waals surface area contributed by atoms with Crippen molar-refractivity contribution in [2.24, 2.45) is 0 Å². The molecule has 1 aliphatic carbocycles. The maximum atomic E-state index is 9.22. The van der Waals surface area contributed by atoms with Crippen molar-refractivity contribution in [1.82, 2.24) is 0 Å². The van der Waals surface area contributed by atoms with Gasteiger partial charge in [-0.1, -0.05) is 56.0 Å². The van der Waals surface area contributed by atoms with Gasteiger partial charge in [0.25, 0.3) is 0 Å². The van der Waals surface area contributed by atoms with E-state index in [2.05, 4.69) is 0 Å². The van der Waals surface area contributed by atoms with Gasteiger partial charge in [0.05, 0.1) is 0 Å². The summed E-state index contributed by atoms with van der Waals surface area (Å²) in [4.78, 5) is 4.84. The van der Waals surface area contributed by atoms with E-state index >= 15 is 0 Å². The van der Waals surface area contributed by atoms with E-state index in [0.29, 0.717) is 0 Å². The van der Waals surface area contributed by atoms with Crippen LogP contribution in [0, 0.1) is 0 Å². The second kappa shape index (κ2) is 4.77. The topological polar surface area (TPSA) is 29.5 Å². The Balaban J connectivity index is 2.27. The molecule has 15 heavy (non-hydrogen) atoms. The second-order valence-corrected chi connectivity index (χ2v) is 4.37. The van der Waals surface area contributed by atoms with Gasteiger partial charge in [0.1, 0.15) is 5.60 Å². The van der Waals surface area contributed by atoms with Crippen LogP contribution < -0.4 is 0 Å². The highest BCUT2D eigenvalue weighted by molar-refractivity contribution is 5.22. The van der Waals surface area contributed by atoms with Crippen LogP contribution in [0.15, 0.2) is 30.3 Å². The maximum absolute atomic E-state index is 9.22. The number of hydrogen-bond donors (Lipinski definition) is 1. The monoisotopic (exact) mass is 206 g/mol. The Hall–Kier alpha value is -0.860. The molecule has 0 atom stereocenters. The SMILES string of the molecule is OOC1(c2ccccc2)CCCCCC1. The molecule has 1 saturated carbocycles. The molecule has 0 amide bonds. The molecule has 0 heterocycles. The Morgan fingerprint density at radius 1 is 0.933 bits per heavy atom. The van der Waals surface area contributed by atoms with Gasteiger partial charge in [0, 0.05) is 0 Å². The van der Waals surface area contributed by atoms with E-state index < -0.39 is 5.60 Å². The summed E-state index contributed by atoms with van der Waals surface area (Å²) in [5, 5.41) is 9.22. The summed E-state index contributed by atoms with van der Waals surface area (Å²) >= 11 is 0. The van der Waals surface area contributed by atoms with Crippen molar-refractivity contribution in [2.45, 2.75) is 44.1 Å². The predicted octanol–water partition coefficient (Wildman–Crippen LogP) is 3.73. The molecule has 0 radical (unpaired) electrons. The Morgan fingerprint density at radius 2 is 1.53 bits per heavy atom. The smallest absolute Gasteiger partial charge is 0.128 e. The maximum Gasteiger partial charge on any atom is 0.128 e. The lowest BCUT2D eigenvalue weighted by atomic mass is 9.86. The van der Waals surface area contributed by atoms with Crippen LogP contribution in [0.1, 0.15) is 44.1 Å². The van der Waals surface area contributed by atoms with E-state index in [1.165, 1.54) is 12.8 Å². The Kier molecular flexibility index (Phi) is 3.39. The number of hydrogen-bond acceptors (Lipinski definition) is 2. The fourth-order valence-corrected chi connectivity index (χ4v) is 2.47. The zero-order valence-corrected chi connectivity index (χ0v) is 8.98. The Bertz CT molecular complexity index is 287. The van der Waals surface area contributed by atoms with E-state index in [1.54, 1.807) is 0 Å². The standard InChI is InChI=1S/C13H18O2/c14-15-13(10-6-1-2-7-11-13)12-8-4-3-5-9-12/h3-5,8-9,14H,1-2,6-7,10-11H2. The lowest BCUT2D eigenvalue weighted by molar-refractivity contribution is -0.333. The zero-order valence-electron chi connectivity index (χ0n) is 8.98. The van der Waals surface area contributed by atoms with Crippen LogP contribution in [0.3, 0.4) is 0 Å². The molecule has 1 aromatic rings. The van der Waals surface area contributed by atoms with Gasteiger partial charge >= 0.3 is 0 Å². The average Bonchev–Trinajstić information content (AvgIpc) is 2.56. The molecular formula is C13H18O2. The highest BCUT2D eigenvalue weighted by Crippen LogP contribution is 2.38. The van der Waals surface area contributed by atoms with Gasteiger partial charge in [0.15, 0.2) is 0 Å². The van der Waals surface area contributed by atoms with Gasteiger partial charge in [-0.3, -0.25) is 5.26 Å². The van der Waals surface area contributed by atoms with E-state index in [9.17, 15) is 5.26 Å². The van der Waals surface area contributed by atoms with Crippen LogP contribution in [-0.2, 0) is 10.5 Å². The van der Waals surface area contributed by atoms with Crippen molar-refractivity contribution in [3.05, 3.63) is 35.9 Å². The van der Waals surface area contributed by atoms with Crippen LogP contribution in [-0.4, -0.2) is 5.26 Å². The molecule has 82 valence electrons. The van der Waals surface area contributed by atoms with Crippen LogP contribution in [0.5, 0.6) is 0 Å². The molecule has 0 spiro atoms. The number of rotatable bonds is 2. The fourth-order valence-electron chi connectivity index (χ4n) is 2.47. The molecule has 1 N–H and O–H groups in total. The molecule has 0 aliphatic heterocycles. The first-order valence-electron chi connectivity index (χ1n) is 5.75. The first-order chi connectivity index (χ1) is 7.37. The van der Waals surface area contributed by atoms with Crippen LogP contribution in [0.25, 0.3) is 0 Å². The molecule has 1 fully saturated rings. The van der Waals surface area contributed by atoms with Crippen molar-refractivity contribution >= 4 is 0 Å². The molecule has 0 saturated heterocycles. The summed E-state index contributed by atoms with van der Waals surface area (Å²) < 4.78 is 0. The van der Waals surface area contributed by atoms with Crippen molar-refractivity contribution in [3.8, 4) is 0 Å². The van der Waals surface area contributed by atoms with Crippen molar-refractivity contribution in [3.63, 3.8) is 0 Å². The predicted molar refractivity (Wildman–Crippen MR) is 59.5 cm³/mol. The highest BCUT2D eigenvalue weighted by atomic mass is 17.1. The summed E-state index contributed by atoms with van der Waals surface area (Å²) in [6.07, 6.45) is 6.61. The normalized spacial score (nSPS) is 20.9. The summed E-state index contributed by atoms with van der Waals surface area (Å²) in [5.74, 6) is 0. The lowest BCUT2D eigenvalue weighted by Gasteiger charge is -2.29. The average molecular weight is 206 g/mol. The molecule has 0 aromatic heterocycles. The first-order valence-corrected chi connectivity index (χ1v) is 5.75. The minimum absolute atomic E-state index is 0.447. The molecule has 0 unspecified atom stereocenters. The van der Waals surface area contributed by atoms with Gasteiger partial charge in [-0.25, -0.2) is 4.89 Å². The van der Waals surface area contributed by atoms with Crippen molar-refractivity contribution < 1.29 is 10.1 Å². The van der Waals surface area contributed by atoms with E-state index in [-0.39, 0.29) is 0 Å².